The molecule has 0 radical (unpaired) electrons. The summed E-state index contributed by atoms with van der Waals surface area (Å²) in [6, 6.07) is 5.73. The molecule has 1 aromatic carbocycles. The van der Waals surface area contributed by atoms with Gasteiger partial charge in [-0.2, -0.15) is 4.98 Å². The van der Waals surface area contributed by atoms with Gasteiger partial charge >= 0.3 is 0 Å². The van der Waals surface area contributed by atoms with E-state index in [1.165, 1.54) is 6.39 Å². The molecule has 6 heteroatoms. The van der Waals surface area contributed by atoms with E-state index in [2.05, 4.69) is 21.6 Å². The number of hydrogen-bond donors (Lipinski definition) is 1. The molecule has 2 aromatic rings. The van der Waals surface area contributed by atoms with Crippen LogP contribution in [0.1, 0.15) is 24.7 Å². The second-order valence-corrected chi connectivity index (χ2v) is 4.64. The molecule has 5 nitrogen and oxygen atoms in total. The van der Waals surface area contributed by atoms with Crippen LogP contribution in [0.2, 0.25) is 5.02 Å². The lowest BCUT2D eigenvalue weighted by Gasteiger charge is -2.14. The van der Waals surface area contributed by atoms with Crippen LogP contribution < -0.4 is 10.5 Å². The van der Waals surface area contributed by atoms with Crippen molar-refractivity contribution in [1.29, 1.82) is 0 Å². The van der Waals surface area contributed by atoms with Crippen LogP contribution in [0.25, 0.3) is 0 Å². The summed E-state index contributed by atoms with van der Waals surface area (Å²) < 4.78 is 10.3. The first kappa shape index (κ1) is 13.8. The average Bonchev–Trinajstić information content (AvgIpc) is 2.91. The first-order valence-electron chi connectivity index (χ1n) is 6.11. The van der Waals surface area contributed by atoms with Gasteiger partial charge in [0.05, 0.1) is 5.02 Å². The Labute approximate surface area is 116 Å². The first-order chi connectivity index (χ1) is 9.20. The molecule has 0 bridgehead atoms. The minimum atomic E-state index is 0.0889. The number of benzene rings is 1. The number of nitrogens with two attached hydrogens (primary N) is 1. The largest absolute Gasteiger partial charge is 0.484 e. The molecule has 0 amide bonds. The summed E-state index contributed by atoms with van der Waals surface area (Å²) >= 11 is 6.17. The quantitative estimate of drug-likeness (QED) is 0.881. The van der Waals surface area contributed by atoms with Gasteiger partial charge in [-0.25, -0.2) is 0 Å². The SMILES string of the molecule is CCC(N)Cc1cccc(Cl)c1OCc1ncon1. The highest BCUT2D eigenvalue weighted by Gasteiger charge is 2.12. The maximum Gasteiger partial charge on any atom is 0.213 e. The fourth-order valence-corrected chi connectivity index (χ4v) is 1.94. The predicted molar refractivity (Wildman–Crippen MR) is 72.1 cm³/mol. The number of rotatable bonds is 6. The monoisotopic (exact) mass is 281 g/mol. The Morgan fingerprint density at radius 2 is 2.32 bits per heavy atom. The molecular formula is C13H16ClN3O2. The van der Waals surface area contributed by atoms with Gasteiger partial charge in [0.15, 0.2) is 6.61 Å². The number of aromatic nitrogens is 2. The van der Waals surface area contributed by atoms with Crippen molar-refractivity contribution < 1.29 is 9.26 Å². The van der Waals surface area contributed by atoms with E-state index >= 15 is 0 Å². The van der Waals surface area contributed by atoms with Crippen LogP contribution in [0.5, 0.6) is 5.75 Å². The average molecular weight is 282 g/mol. The van der Waals surface area contributed by atoms with Crippen molar-refractivity contribution in [3.05, 3.63) is 41.0 Å². The lowest BCUT2D eigenvalue weighted by atomic mass is 10.0. The second kappa shape index (κ2) is 6.54. The minimum absolute atomic E-state index is 0.0889. The minimum Gasteiger partial charge on any atom is -0.484 e. The normalized spacial score (nSPS) is 12.4. The van der Waals surface area contributed by atoms with Crippen molar-refractivity contribution in [3.8, 4) is 5.75 Å². The summed E-state index contributed by atoms with van der Waals surface area (Å²) in [5.41, 5.74) is 6.97. The van der Waals surface area contributed by atoms with Crippen molar-refractivity contribution in [2.75, 3.05) is 0 Å². The summed E-state index contributed by atoms with van der Waals surface area (Å²) in [7, 11) is 0. The number of halogens is 1. The summed E-state index contributed by atoms with van der Waals surface area (Å²) in [6.07, 6.45) is 2.88. The molecule has 1 heterocycles. The maximum absolute atomic E-state index is 6.17. The smallest absolute Gasteiger partial charge is 0.213 e. The van der Waals surface area contributed by atoms with E-state index < -0.39 is 0 Å². The first-order valence-corrected chi connectivity index (χ1v) is 6.49. The Hall–Kier alpha value is -1.59. The van der Waals surface area contributed by atoms with E-state index in [1.807, 2.05) is 12.1 Å². The van der Waals surface area contributed by atoms with Crippen LogP contribution in [0, 0.1) is 0 Å². The molecule has 0 spiro atoms. The molecule has 102 valence electrons. The van der Waals surface area contributed by atoms with Gasteiger partial charge in [-0.3, -0.25) is 0 Å². The Morgan fingerprint density at radius 3 is 3.00 bits per heavy atom. The predicted octanol–water partition coefficient (Wildman–Crippen LogP) is 2.58. The molecule has 2 N–H and O–H groups in total. The molecular weight excluding hydrogens is 266 g/mol. The van der Waals surface area contributed by atoms with Crippen molar-refractivity contribution in [1.82, 2.24) is 10.1 Å². The Balaban J connectivity index is 2.13. The molecule has 0 saturated carbocycles. The third kappa shape index (κ3) is 3.68. The lowest BCUT2D eigenvalue weighted by molar-refractivity contribution is 0.283. The van der Waals surface area contributed by atoms with Gasteiger partial charge in [0.2, 0.25) is 12.2 Å². The summed E-state index contributed by atoms with van der Waals surface area (Å²) in [5, 5.41) is 4.25. The number of nitrogens with zero attached hydrogens (tertiary/aromatic N) is 2. The Morgan fingerprint density at radius 1 is 1.47 bits per heavy atom. The third-order valence-electron chi connectivity index (χ3n) is 2.81. The molecule has 1 atom stereocenters. The highest BCUT2D eigenvalue weighted by Crippen LogP contribution is 2.30. The highest BCUT2D eigenvalue weighted by atomic mass is 35.5. The van der Waals surface area contributed by atoms with Crippen LogP contribution in [-0.4, -0.2) is 16.2 Å². The van der Waals surface area contributed by atoms with Gasteiger partial charge in [-0.1, -0.05) is 35.8 Å². The zero-order valence-corrected chi connectivity index (χ0v) is 11.4. The molecule has 0 aliphatic rings. The van der Waals surface area contributed by atoms with E-state index in [9.17, 15) is 0 Å². The topological polar surface area (TPSA) is 74.2 Å². The molecule has 0 aliphatic carbocycles. The lowest BCUT2D eigenvalue weighted by Crippen LogP contribution is -2.21. The van der Waals surface area contributed by atoms with Gasteiger partial charge in [0, 0.05) is 6.04 Å². The summed E-state index contributed by atoms with van der Waals surface area (Å²) in [5.74, 6) is 1.11. The van der Waals surface area contributed by atoms with E-state index in [4.69, 9.17) is 22.1 Å². The maximum atomic E-state index is 6.17. The standard InChI is InChI=1S/C13H16ClN3O2/c1-2-10(15)6-9-4-3-5-11(14)13(9)18-7-12-16-8-19-17-12/h3-5,8,10H,2,6-7,15H2,1H3. The molecule has 1 unspecified atom stereocenters. The third-order valence-corrected chi connectivity index (χ3v) is 3.11. The second-order valence-electron chi connectivity index (χ2n) is 4.24. The molecule has 0 aliphatic heterocycles. The molecule has 0 saturated heterocycles. The van der Waals surface area contributed by atoms with Gasteiger partial charge < -0.3 is 15.0 Å². The summed E-state index contributed by atoms with van der Waals surface area (Å²) in [6.45, 7) is 2.27. The van der Waals surface area contributed by atoms with Gasteiger partial charge in [0.1, 0.15) is 5.75 Å². The van der Waals surface area contributed by atoms with Crippen LogP contribution >= 0.6 is 11.6 Å². The van der Waals surface area contributed by atoms with Gasteiger partial charge in [-0.15, -0.1) is 0 Å². The molecule has 0 fully saturated rings. The van der Waals surface area contributed by atoms with Gasteiger partial charge in [0.25, 0.3) is 0 Å². The summed E-state index contributed by atoms with van der Waals surface area (Å²) in [4.78, 5) is 3.90. The number of hydrogen-bond acceptors (Lipinski definition) is 5. The Kier molecular flexibility index (Phi) is 4.76. The van der Waals surface area contributed by atoms with Crippen LogP contribution in [0.3, 0.4) is 0 Å². The highest BCUT2D eigenvalue weighted by molar-refractivity contribution is 6.32. The van der Waals surface area contributed by atoms with Crippen molar-refractivity contribution in [3.63, 3.8) is 0 Å². The van der Waals surface area contributed by atoms with Crippen molar-refractivity contribution >= 4 is 11.6 Å². The molecule has 1 aromatic heterocycles. The van der Waals surface area contributed by atoms with Crippen LogP contribution in [0.15, 0.2) is 29.1 Å². The van der Waals surface area contributed by atoms with E-state index in [1.54, 1.807) is 6.07 Å². The van der Waals surface area contributed by atoms with Crippen molar-refractivity contribution in [2.24, 2.45) is 5.73 Å². The zero-order valence-electron chi connectivity index (χ0n) is 10.7. The fraction of sp³-hybridized carbons (Fsp3) is 0.385. The van der Waals surface area contributed by atoms with Gasteiger partial charge in [-0.05, 0) is 24.5 Å². The number of para-hydroxylation sites is 1. The molecule has 2 rings (SSSR count). The van der Waals surface area contributed by atoms with Crippen molar-refractivity contribution in [2.45, 2.75) is 32.4 Å². The molecule has 19 heavy (non-hydrogen) atoms. The van der Waals surface area contributed by atoms with E-state index in [-0.39, 0.29) is 12.6 Å². The zero-order chi connectivity index (χ0) is 13.7. The number of ether oxygens (including phenoxy) is 1. The fourth-order valence-electron chi connectivity index (χ4n) is 1.70. The van der Waals surface area contributed by atoms with E-state index in [0.29, 0.717) is 16.6 Å². The van der Waals surface area contributed by atoms with Crippen LogP contribution in [-0.2, 0) is 13.0 Å². The Bertz CT molecular complexity index is 517. The van der Waals surface area contributed by atoms with E-state index in [0.717, 1.165) is 18.4 Å². The van der Waals surface area contributed by atoms with Crippen LogP contribution in [0.4, 0.5) is 0 Å².